The van der Waals surface area contributed by atoms with E-state index < -0.39 is 5.60 Å². The van der Waals surface area contributed by atoms with E-state index in [4.69, 9.17) is 10.5 Å². The molecule has 0 atom stereocenters. The van der Waals surface area contributed by atoms with Gasteiger partial charge in [0.2, 0.25) is 5.91 Å². The molecule has 0 aliphatic heterocycles. The molecule has 6 nitrogen and oxygen atoms in total. The van der Waals surface area contributed by atoms with Crippen LogP contribution in [0.5, 0.6) is 0 Å². The lowest BCUT2D eigenvalue weighted by Crippen LogP contribution is -2.44. The molecular weight excluding hydrogens is 260 g/mol. The number of hydrogen-bond donors (Lipinski definition) is 3. The van der Waals surface area contributed by atoms with Gasteiger partial charge in [-0.1, -0.05) is 0 Å². The number of aliphatic hydroxyl groups is 1. The number of ether oxygens (including phenoxy) is 1. The van der Waals surface area contributed by atoms with E-state index in [1.165, 1.54) is 0 Å². The number of carbonyl (C=O) groups excluding carboxylic acids is 2. The molecule has 1 amide bonds. The zero-order valence-electron chi connectivity index (χ0n) is 12.2. The van der Waals surface area contributed by atoms with Crippen LogP contribution in [0.3, 0.4) is 0 Å². The molecule has 0 aromatic rings. The second kappa shape index (κ2) is 8.21. The van der Waals surface area contributed by atoms with Gasteiger partial charge in [-0.2, -0.15) is 0 Å². The number of hydrogen-bond acceptors (Lipinski definition) is 5. The molecule has 4 N–H and O–H groups in total. The summed E-state index contributed by atoms with van der Waals surface area (Å²) < 4.78 is 5.01. The number of nitrogens with two attached hydrogens (primary N) is 1. The second-order valence-electron chi connectivity index (χ2n) is 5.50. The van der Waals surface area contributed by atoms with Crippen molar-refractivity contribution in [3.05, 3.63) is 0 Å². The third-order valence-electron chi connectivity index (χ3n) is 3.77. The van der Waals surface area contributed by atoms with Crippen molar-refractivity contribution in [1.29, 1.82) is 0 Å². The molecule has 0 bridgehead atoms. The Balaban J connectivity index is 2.21. The Kier molecular flexibility index (Phi) is 6.95. The maximum atomic E-state index is 11.6. The van der Waals surface area contributed by atoms with E-state index in [1.54, 1.807) is 6.92 Å². The highest BCUT2D eigenvalue weighted by Gasteiger charge is 2.35. The van der Waals surface area contributed by atoms with Gasteiger partial charge >= 0.3 is 5.97 Å². The molecule has 6 heteroatoms. The van der Waals surface area contributed by atoms with E-state index >= 15 is 0 Å². The molecule has 0 unspecified atom stereocenters. The Bertz CT molecular complexity index is 325. The molecule has 1 aliphatic rings. The molecule has 0 spiro atoms. The Morgan fingerprint density at radius 1 is 1.40 bits per heavy atom. The van der Waals surface area contributed by atoms with E-state index in [2.05, 4.69) is 5.32 Å². The molecule has 1 aliphatic carbocycles. The minimum Gasteiger partial charge on any atom is -0.466 e. The van der Waals surface area contributed by atoms with Crippen LogP contribution in [0, 0.1) is 5.92 Å². The third kappa shape index (κ3) is 5.88. The van der Waals surface area contributed by atoms with Gasteiger partial charge in [-0.3, -0.25) is 9.59 Å². The van der Waals surface area contributed by atoms with Crippen LogP contribution in [-0.2, 0) is 14.3 Å². The van der Waals surface area contributed by atoms with Crippen molar-refractivity contribution in [1.82, 2.24) is 5.32 Å². The summed E-state index contributed by atoms with van der Waals surface area (Å²) >= 11 is 0. The normalized spacial score (nSPS) is 26.2. The number of carbonyl (C=O) groups is 2. The number of esters is 1. The first kappa shape index (κ1) is 16.9. The Morgan fingerprint density at radius 3 is 2.60 bits per heavy atom. The van der Waals surface area contributed by atoms with Crippen molar-refractivity contribution in [2.75, 3.05) is 19.7 Å². The van der Waals surface area contributed by atoms with Gasteiger partial charge in [-0.25, -0.2) is 0 Å². The SMILES string of the molecule is CCOC(=O)C1CCC(O)(CNCCCC(N)=O)CC1. The van der Waals surface area contributed by atoms with Gasteiger partial charge in [-0.05, 0) is 45.6 Å². The first-order valence-electron chi connectivity index (χ1n) is 7.35. The van der Waals surface area contributed by atoms with Crippen LogP contribution in [-0.4, -0.2) is 42.3 Å². The van der Waals surface area contributed by atoms with Crippen LogP contribution >= 0.6 is 0 Å². The molecule has 20 heavy (non-hydrogen) atoms. The first-order chi connectivity index (χ1) is 9.47. The van der Waals surface area contributed by atoms with Crippen molar-refractivity contribution < 1.29 is 19.4 Å². The van der Waals surface area contributed by atoms with Crippen LogP contribution in [0.25, 0.3) is 0 Å². The van der Waals surface area contributed by atoms with Gasteiger partial charge in [-0.15, -0.1) is 0 Å². The highest BCUT2D eigenvalue weighted by molar-refractivity contribution is 5.73. The van der Waals surface area contributed by atoms with Gasteiger partial charge < -0.3 is 20.9 Å². The summed E-state index contributed by atoms with van der Waals surface area (Å²) in [5, 5.41) is 13.5. The fraction of sp³-hybridized carbons (Fsp3) is 0.857. The fourth-order valence-electron chi connectivity index (χ4n) is 2.54. The quantitative estimate of drug-likeness (QED) is 0.441. The van der Waals surface area contributed by atoms with Gasteiger partial charge in [0.1, 0.15) is 0 Å². The van der Waals surface area contributed by atoms with E-state index in [-0.39, 0.29) is 17.8 Å². The topological polar surface area (TPSA) is 102 Å². The lowest BCUT2D eigenvalue weighted by atomic mass is 9.79. The molecular formula is C14H26N2O4. The standard InChI is InChI=1S/C14H26N2O4/c1-2-20-13(18)11-5-7-14(19,8-6-11)10-16-9-3-4-12(15)17/h11,16,19H,2-10H2,1H3,(H2,15,17). The number of rotatable bonds is 8. The number of amides is 1. The molecule has 0 saturated heterocycles. The minimum atomic E-state index is -0.754. The summed E-state index contributed by atoms with van der Waals surface area (Å²) in [5.41, 5.74) is 4.30. The highest BCUT2D eigenvalue weighted by Crippen LogP contribution is 2.32. The minimum absolute atomic E-state index is 0.0786. The van der Waals surface area contributed by atoms with Crippen molar-refractivity contribution in [3.8, 4) is 0 Å². The van der Waals surface area contributed by atoms with Crippen LogP contribution in [0.1, 0.15) is 45.4 Å². The van der Waals surface area contributed by atoms with Crippen molar-refractivity contribution in [2.45, 2.75) is 51.0 Å². The average Bonchev–Trinajstić information content (AvgIpc) is 2.39. The lowest BCUT2D eigenvalue weighted by molar-refractivity contribution is -0.151. The molecule has 0 radical (unpaired) electrons. The zero-order chi connectivity index (χ0) is 15.0. The highest BCUT2D eigenvalue weighted by atomic mass is 16.5. The average molecular weight is 286 g/mol. The predicted molar refractivity (Wildman–Crippen MR) is 74.8 cm³/mol. The molecule has 0 aromatic carbocycles. The van der Waals surface area contributed by atoms with Crippen LogP contribution in [0.2, 0.25) is 0 Å². The van der Waals surface area contributed by atoms with E-state index in [0.29, 0.717) is 58.2 Å². The molecule has 0 aromatic heterocycles. The maximum Gasteiger partial charge on any atom is 0.308 e. The second-order valence-corrected chi connectivity index (χ2v) is 5.50. The van der Waals surface area contributed by atoms with E-state index in [0.717, 1.165) is 0 Å². The third-order valence-corrected chi connectivity index (χ3v) is 3.77. The van der Waals surface area contributed by atoms with Crippen LogP contribution in [0.15, 0.2) is 0 Å². The fourth-order valence-corrected chi connectivity index (χ4v) is 2.54. The summed E-state index contributed by atoms with van der Waals surface area (Å²) in [4.78, 5) is 22.2. The summed E-state index contributed by atoms with van der Waals surface area (Å²) in [5.74, 6) is -0.533. The molecule has 116 valence electrons. The van der Waals surface area contributed by atoms with Gasteiger partial charge in [0.05, 0.1) is 18.1 Å². The largest absolute Gasteiger partial charge is 0.466 e. The van der Waals surface area contributed by atoms with Crippen LogP contribution in [0.4, 0.5) is 0 Å². The number of primary amides is 1. The molecule has 1 rings (SSSR count). The Morgan fingerprint density at radius 2 is 2.05 bits per heavy atom. The maximum absolute atomic E-state index is 11.6. The summed E-state index contributed by atoms with van der Waals surface area (Å²) in [7, 11) is 0. The Hall–Kier alpha value is -1.14. The molecule has 0 heterocycles. The first-order valence-corrected chi connectivity index (χ1v) is 7.35. The van der Waals surface area contributed by atoms with Gasteiger partial charge in [0.25, 0.3) is 0 Å². The van der Waals surface area contributed by atoms with Crippen LogP contribution < -0.4 is 11.1 Å². The predicted octanol–water partition coefficient (Wildman–Crippen LogP) is 0.326. The zero-order valence-corrected chi connectivity index (χ0v) is 12.2. The van der Waals surface area contributed by atoms with Gasteiger partial charge in [0.15, 0.2) is 0 Å². The monoisotopic (exact) mass is 286 g/mol. The molecule has 1 saturated carbocycles. The van der Waals surface area contributed by atoms with E-state index in [9.17, 15) is 14.7 Å². The van der Waals surface area contributed by atoms with Crippen molar-refractivity contribution >= 4 is 11.9 Å². The van der Waals surface area contributed by atoms with Crippen molar-refractivity contribution in [3.63, 3.8) is 0 Å². The summed E-state index contributed by atoms with van der Waals surface area (Å²) in [6.07, 6.45) is 3.56. The summed E-state index contributed by atoms with van der Waals surface area (Å²) in [6, 6.07) is 0. The van der Waals surface area contributed by atoms with Gasteiger partial charge in [0, 0.05) is 13.0 Å². The summed E-state index contributed by atoms with van der Waals surface area (Å²) in [6.45, 7) is 3.35. The number of nitrogens with one attached hydrogen (secondary N) is 1. The van der Waals surface area contributed by atoms with E-state index in [1.807, 2.05) is 0 Å². The Labute approximate surface area is 120 Å². The van der Waals surface area contributed by atoms with Crippen molar-refractivity contribution in [2.24, 2.45) is 11.7 Å². The smallest absolute Gasteiger partial charge is 0.308 e. The lowest BCUT2D eigenvalue weighted by Gasteiger charge is -2.35. The molecule has 1 fully saturated rings.